The summed E-state index contributed by atoms with van der Waals surface area (Å²) in [6.45, 7) is 0.536. The lowest BCUT2D eigenvalue weighted by Crippen LogP contribution is -2.29. The molecule has 2 heterocycles. The van der Waals surface area contributed by atoms with Gasteiger partial charge < -0.3 is 21.5 Å². The van der Waals surface area contributed by atoms with E-state index in [-0.39, 0.29) is 5.95 Å². The molecule has 222 valence electrons. The van der Waals surface area contributed by atoms with Gasteiger partial charge in [-0.1, -0.05) is 48.5 Å². The molecule has 0 saturated heterocycles. The Kier molecular flexibility index (Phi) is 7.49. The minimum atomic E-state index is -0.894. The number of nitrogens with two attached hydrogens (primary N) is 1. The SMILES string of the molecule is Nc1nc(Nc2ccc3c(c2)CC[C@H](NCc2ccccc2C(=O)O)CC3)nn1-c1cc2c(nn1)-c1ccccc1CCC2. The first-order valence-corrected chi connectivity index (χ1v) is 15.1. The average Bonchev–Trinajstić information content (AvgIpc) is 3.18. The van der Waals surface area contributed by atoms with Crippen LogP contribution in [-0.2, 0) is 32.2 Å². The summed E-state index contributed by atoms with van der Waals surface area (Å²) in [4.78, 5) is 16.0. The molecule has 0 unspecified atom stereocenters. The van der Waals surface area contributed by atoms with Crippen molar-refractivity contribution in [2.45, 2.75) is 57.5 Å². The van der Waals surface area contributed by atoms with Crippen molar-refractivity contribution in [3.63, 3.8) is 0 Å². The number of nitrogens with one attached hydrogen (secondary N) is 2. The second-order valence-corrected chi connectivity index (χ2v) is 11.5. The van der Waals surface area contributed by atoms with Gasteiger partial charge in [-0.15, -0.1) is 15.3 Å². The number of nitrogen functional groups attached to an aromatic ring is 1. The van der Waals surface area contributed by atoms with Gasteiger partial charge >= 0.3 is 5.97 Å². The highest BCUT2D eigenvalue weighted by Crippen LogP contribution is 2.31. The van der Waals surface area contributed by atoms with Gasteiger partial charge in [-0.2, -0.15) is 9.67 Å². The first-order valence-electron chi connectivity index (χ1n) is 15.1. The summed E-state index contributed by atoms with van der Waals surface area (Å²) >= 11 is 0. The number of hydrogen-bond acceptors (Lipinski definition) is 8. The molecule has 7 rings (SSSR count). The number of rotatable bonds is 7. The van der Waals surface area contributed by atoms with Crippen LogP contribution in [0, 0.1) is 0 Å². The minimum absolute atomic E-state index is 0.240. The fourth-order valence-corrected chi connectivity index (χ4v) is 6.38. The molecule has 44 heavy (non-hydrogen) atoms. The molecule has 0 amide bonds. The molecule has 0 fully saturated rings. The number of aryl methyl sites for hydroxylation is 4. The summed E-state index contributed by atoms with van der Waals surface area (Å²) in [7, 11) is 0. The maximum Gasteiger partial charge on any atom is 0.336 e. The molecule has 5 aromatic rings. The molecule has 0 radical (unpaired) electrons. The fourth-order valence-electron chi connectivity index (χ4n) is 6.38. The molecule has 0 spiro atoms. The largest absolute Gasteiger partial charge is 0.478 e. The Morgan fingerprint density at radius 3 is 2.57 bits per heavy atom. The molecule has 3 aromatic carbocycles. The highest BCUT2D eigenvalue weighted by atomic mass is 16.4. The second-order valence-electron chi connectivity index (χ2n) is 11.5. The smallest absolute Gasteiger partial charge is 0.336 e. The van der Waals surface area contributed by atoms with Crippen LogP contribution >= 0.6 is 0 Å². The molecular weight excluding hydrogens is 552 g/mol. The molecule has 5 N–H and O–H groups in total. The van der Waals surface area contributed by atoms with E-state index < -0.39 is 5.97 Å². The first kappa shape index (κ1) is 27.7. The molecule has 2 aliphatic rings. The van der Waals surface area contributed by atoms with E-state index in [1.807, 2.05) is 30.3 Å². The van der Waals surface area contributed by atoms with Gasteiger partial charge in [0.25, 0.3) is 0 Å². The molecule has 0 saturated carbocycles. The third-order valence-electron chi connectivity index (χ3n) is 8.69. The van der Waals surface area contributed by atoms with Crippen molar-refractivity contribution in [2.24, 2.45) is 0 Å². The van der Waals surface area contributed by atoms with E-state index in [2.05, 4.69) is 61.2 Å². The Morgan fingerprint density at radius 1 is 0.886 bits per heavy atom. The van der Waals surface area contributed by atoms with Crippen LogP contribution in [0.15, 0.2) is 72.8 Å². The monoisotopic (exact) mass is 586 g/mol. The molecule has 2 aromatic heterocycles. The number of fused-ring (bicyclic) bond motifs is 4. The minimum Gasteiger partial charge on any atom is -0.478 e. The van der Waals surface area contributed by atoms with Gasteiger partial charge in [-0.25, -0.2) is 4.79 Å². The van der Waals surface area contributed by atoms with Gasteiger partial charge in [-0.05, 0) is 97.0 Å². The van der Waals surface area contributed by atoms with Gasteiger partial charge in [0.2, 0.25) is 11.9 Å². The summed E-state index contributed by atoms with van der Waals surface area (Å²) in [6, 6.07) is 24.2. The summed E-state index contributed by atoms with van der Waals surface area (Å²) in [5.41, 5.74) is 15.5. The van der Waals surface area contributed by atoms with Gasteiger partial charge in [0.15, 0.2) is 5.82 Å². The van der Waals surface area contributed by atoms with Crippen LogP contribution in [0.2, 0.25) is 0 Å². The number of carbonyl (C=O) groups is 1. The molecule has 2 aliphatic carbocycles. The summed E-state index contributed by atoms with van der Waals surface area (Å²) < 4.78 is 1.54. The highest BCUT2D eigenvalue weighted by Gasteiger charge is 2.20. The number of anilines is 3. The summed E-state index contributed by atoms with van der Waals surface area (Å²) in [5, 5.41) is 30.1. The zero-order chi connectivity index (χ0) is 30.0. The van der Waals surface area contributed by atoms with E-state index >= 15 is 0 Å². The molecule has 0 aliphatic heterocycles. The van der Waals surface area contributed by atoms with Crippen molar-refractivity contribution in [2.75, 3.05) is 11.1 Å². The van der Waals surface area contributed by atoms with E-state index in [1.54, 1.807) is 12.1 Å². The standard InChI is InChI=1S/C34H34N8O2/c35-33-38-34(41-42(33)30-19-24-9-5-8-22-6-1-3-10-28(22)31(24)40-39-30)37-27-17-13-21-12-15-26(16-14-23(21)18-27)36-20-25-7-2-4-11-29(25)32(43)44/h1-4,6-7,10-11,13,17-19,26,36H,5,8-9,12,14-16,20H2,(H,43,44)(H3,35,37,38,41)/t26-/m1/s1. The Balaban J connectivity index is 1.03. The third kappa shape index (κ3) is 5.63. The lowest BCUT2D eigenvalue weighted by atomic mass is 10.0. The van der Waals surface area contributed by atoms with Crippen molar-refractivity contribution < 1.29 is 9.90 Å². The second kappa shape index (κ2) is 11.9. The van der Waals surface area contributed by atoms with Crippen LogP contribution in [0.1, 0.15) is 57.4 Å². The maximum absolute atomic E-state index is 11.6. The van der Waals surface area contributed by atoms with Crippen molar-refractivity contribution in [1.82, 2.24) is 30.3 Å². The quantitative estimate of drug-likeness (QED) is 0.187. The van der Waals surface area contributed by atoms with Crippen molar-refractivity contribution in [3.05, 3.63) is 106 Å². The number of nitrogens with zero attached hydrogens (tertiary/aromatic N) is 5. The van der Waals surface area contributed by atoms with E-state index in [9.17, 15) is 9.90 Å². The van der Waals surface area contributed by atoms with Crippen molar-refractivity contribution >= 4 is 23.6 Å². The number of aromatic carboxylic acids is 1. The summed E-state index contributed by atoms with van der Waals surface area (Å²) in [6.07, 6.45) is 6.80. The number of carboxylic acid groups (broad SMARTS) is 1. The fraction of sp³-hybridized carbons (Fsp3) is 0.265. The zero-order valence-electron chi connectivity index (χ0n) is 24.3. The van der Waals surface area contributed by atoms with Gasteiger partial charge in [-0.3, -0.25) is 0 Å². The van der Waals surface area contributed by atoms with E-state index in [0.717, 1.165) is 73.0 Å². The maximum atomic E-state index is 11.6. The van der Waals surface area contributed by atoms with Crippen LogP contribution in [0.3, 0.4) is 0 Å². The van der Waals surface area contributed by atoms with Crippen molar-refractivity contribution in [3.8, 4) is 17.1 Å². The lowest BCUT2D eigenvalue weighted by molar-refractivity contribution is 0.0695. The molecule has 10 heteroatoms. The molecule has 10 nitrogen and oxygen atoms in total. The van der Waals surface area contributed by atoms with Crippen LogP contribution < -0.4 is 16.4 Å². The molecular formula is C34H34N8O2. The van der Waals surface area contributed by atoms with E-state index in [0.29, 0.717) is 29.9 Å². The zero-order valence-corrected chi connectivity index (χ0v) is 24.3. The van der Waals surface area contributed by atoms with Crippen LogP contribution in [-0.4, -0.2) is 42.1 Å². The summed E-state index contributed by atoms with van der Waals surface area (Å²) in [5.74, 6) is 0.292. The predicted molar refractivity (Wildman–Crippen MR) is 169 cm³/mol. The topological polar surface area (TPSA) is 144 Å². The van der Waals surface area contributed by atoms with Crippen LogP contribution in [0.4, 0.5) is 17.6 Å². The Hall–Kier alpha value is -5.09. The van der Waals surface area contributed by atoms with E-state index in [4.69, 9.17) is 5.73 Å². The third-order valence-corrected chi connectivity index (χ3v) is 8.69. The first-order chi connectivity index (χ1) is 21.5. The Labute approximate surface area is 255 Å². The number of benzene rings is 3. The van der Waals surface area contributed by atoms with E-state index in [1.165, 1.54) is 21.4 Å². The predicted octanol–water partition coefficient (Wildman–Crippen LogP) is 5.27. The van der Waals surface area contributed by atoms with Crippen LogP contribution in [0.25, 0.3) is 17.1 Å². The highest BCUT2D eigenvalue weighted by molar-refractivity contribution is 5.89. The lowest BCUT2D eigenvalue weighted by Gasteiger charge is -2.17. The Bertz CT molecular complexity index is 1850. The number of hydrogen-bond donors (Lipinski definition) is 4. The van der Waals surface area contributed by atoms with Gasteiger partial charge in [0, 0.05) is 23.8 Å². The van der Waals surface area contributed by atoms with Crippen LogP contribution in [0.5, 0.6) is 0 Å². The number of aromatic nitrogens is 5. The number of carboxylic acids is 1. The molecule has 0 bridgehead atoms. The van der Waals surface area contributed by atoms with Gasteiger partial charge in [0.1, 0.15) is 0 Å². The van der Waals surface area contributed by atoms with Gasteiger partial charge in [0.05, 0.1) is 11.3 Å². The molecule has 1 atom stereocenters. The normalized spacial score (nSPS) is 15.8. The Morgan fingerprint density at radius 2 is 1.68 bits per heavy atom. The average molecular weight is 587 g/mol. The van der Waals surface area contributed by atoms with Crippen molar-refractivity contribution in [1.29, 1.82) is 0 Å².